The lowest BCUT2D eigenvalue weighted by atomic mass is 9.99. The van der Waals surface area contributed by atoms with E-state index in [1.54, 1.807) is 0 Å². The highest BCUT2D eigenvalue weighted by Crippen LogP contribution is 2.40. The van der Waals surface area contributed by atoms with Gasteiger partial charge in [0.1, 0.15) is 11.8 Å². The Kier molecular flexibility index (Phi) is 4.79. The van der Waals surface area contributed by atoms with E-state index in [2.05, 4.69) is 50.5 Å². The first-order chi connectivity index (χ1) is 14.2. The van der Waals surface area contributed by atoms with E-state index in [1.165, 1.54) is 18.5 Å². The predicted molar refractivity (Wildman–Crippen MR) is 111 cm³/mol. The van der Waals surface area contributed by atoms with Gasteiger partial charge in [-0.3, -0.25) is 9.58 Å². The second-order valence-electron chi connectivity index (χ2n) is 8.39. The van der Waals surface area contributed by atoms with Crippen molar-refractivity contribution in [2.75, 3.05) is 13.1 Å². The van der Waals surface area contributed by atoms with Crippen LogP contribution in [0.2, 0.25) is 0 Å². The first-order valence-electron chi connectivity index (χ1n) is 10.4. The van der Waals surface area contributed by atoms with E-state index in [9.17, 15) is 0 Å². The summed E-state index contributed by atoms with van der Waals surface area (Å²) in [4.78, 5) is 2.57. The van der Waals surface area contributed by atoms with Crippen molar-refractivity contribution >= 4 is 0 Å². The molecule has 0 amide bonds. The average molecular weight is 390 g/mol. The topological polar surface area (TPSA) is 56.1 Å². The van der Waals surface area contributed by atoms with Crippen molar-refractivity contribution in [2.24, 2.45) is 18.9 Å². The number of benzene rings is 1. The summed E-state index contributed by atoms with van der Waals surface area (Å²) in [5.41, 5.74) is 4.31. The molecule has 2 aromatic heterocycles. The van der Waals surface area contributed by atoms with E-state index in [0.29, 0.717) is 11.8 Å². The molecule has 2 fully saturated rings. The maximum atomic E-state index is 6.30. The minimum Gasteiger partial charge on any atom is -0.473 e. The van der Waals surface area contributed by atoms with Crippen molar-refractivity contribution < 1.29 is 4.74 Å². The largest absolute Gasteiger partial charge is 0.473 e. The van der Waals surface area contributed by atoms with Gasteiger partial charge in [-0.1, -0.05) is 30.3 Å². The summed E-state index contributed by atoms with van der Waals surface area (Å²) in [6.07, 6.45) is 4.43. The number of nitrogens with zero attached hydrogens (tertiary/aromatic N) is 5. The van der Waals surface area contributed by atoms with Crippen molar-refractivity contribution in [3.05, 3.63) is 59.8 Å². The molecule has 1 saturated carbocycles. The van der Waals surface area contributed by atoms with Gasteiger partial charge in [0.15, 0.2) is 0 Å². The average Bonchev–Trinajstić information content (AvgIpc) is 3.39. The number of hydrogen-bond acceptors (Lipinski definition) is 5. The molecule has 3 aromatic rings. The van der Waals surface area contributed by atoms with Crippen LogP contribution >= 0.6 is 0 Å². The molecule has 1 aromatic carbocycles. The first-order valence-corrected chi connectivity index (χ1v) is 10.4. The Morgan fingerprint density at radius 1 is 1.03 bits per heavy atom. The number of hydrogen-bond donors (Lipinski definition) is 0. The maximum Gasteiger partial charge on any atom is 0.233 e. The van der Waals surface area contributed by atoms with E-state index in [4.69, 9.17) is 4.74 Å². The number of likely N-dealkylation sites (tertiary alicyclic amines) is 1. The van der Waals surface area contributed by atoms with Crippen LogP contribution in [0.1, 0.15) is 24.0 Å². The fourth-order valence-electron chi connectivity index (χ4n) is 5.00. The molecule has 3 unspecified atom stereocenters. The zero-order valence-electron chi connectivity index (χ0n) is 17.0. The summed E-state index contributed by atoms with van der Waals surface area (Å²) in [6.45, 7) is 5.33. The molecule has 3 atom stereocenters. The van der Waals surface area contributed by atoms with Gasteiger partial charge in [0, 0.05) is 38.7 Å². The summed E-state index contributed by atoms with van der Waals surface area (Å²) in [7, 11) is 1.92. The third kappa shape index (κ3) is 3.65. The SMILES string of the molecule is Cc1cnn(C)c1-c1ccc(OC2CCC3CN(Cc4ccccc4)CC32)nn1. The van der Waals surface area contributed by atoms with Crippen LogP contribution in [0.15, 0.2) is 48.7 Å². The monoisotopic (exact) mass is 389 g/mol. The lowest BCUT2D eigenvalue weighted by Crippen LogP contribution is -2.28. The van der Waals surface area contributed by atoms with E-state index < -0.39 is 0 Å². The fraction of sp³-hybridized carbons (Fsp3) is 0.435. The second kappa shape index (κ2) is 7.59. The maximum absolute atomic E-state index is 6.30. The first kappa shape index (κ1) is 18.3. The molecular weight excluding hydrogens is 362 g/mol. The Labute approximate surface area is 171 Å². The van der Waals surface area contributed by atoms with Gasteiger partial charge in [0.25, 0.3) is 0 Å². The van der Waals surface area contributed by atoms with Gasteiger partial charge in [-0.05, 0) is 42.9 Å². The molecule has 0 bridgehead atoms. The Bertz CT molecular complexity index is 949. The van der Waals surface area contributed by atoms with Gasteiger partial charge >= 0.3 is 0 Å². The normalized spacial score (nSPS) is 24.0. The lowest BCUT2D eigenvalue weighted by Gasteiger charge is -2.21. The van der Waals surface area contributed by atoms with Crippen molar-refractivity contribution in [3.63, 3.8) is 0 Å². The molecule has 6 nitrogen and oxygen atoms in total. The van der Waals surface area contributed by atoms with E-state index >= 15 is 0 Å². The summed E-state index contributed by atoms with van der Waals surface area (Å²) in [5, 5.41) is 13.0. The van der Waals surface area contributed by atoms with E-state index in [1.807, 2.05) is 37.0 Å². The highest BCUT2D eigenvalue weighted by molar-refractivity contribution is 5.58. The number of fused-ring (bicyclic) bond motifs is 1. The quantitative estimate of drug-likeness (QED) is 0.669. The van der Waals surface area contributed by atoms with Gasteiger partial charge < -0.3 is 4.74 Å². The van der Waals surface area contributed by atoms with E-state index in [0.717, 1.165) is 42.4 Å². The zero-order valence-corrected chi connectivity index (χ0v) is 17.0. The predicted octanol–water partition coefficient (Wildman–Crippen LogP) is 3.47. The molecule has 1 aliphatic heterocycles. The Morgan fingerprint density at radius 2 is 1.90 bits per heavy atom. The standard InChI is InChI=1S/C23H27N5O/c1-16-12-24-27(2)23(16)20-9-11-22(26-25-20)29-21-10-8-18-14-28(15-19(18)21)13-17-6-4-3-5-7-17/h3-7,9,11-12,18-19,21H,8,10,13-15H2,1-2H3. The molecule has 150 valence electrons. The minimum atomic E-state index is 0.236. The van der Waals surface area contributed by atoms with Gasteiger partial charge in [0.05, 0.1) is 11.9 Å². The molecule has 6 heteroatoms. The van der Waals surface area contributed by atoms with Gasteiger partial charge in [0.2, 0.25) is 5.88 Å². The van der Waals surface area contributed by atoms with Crippen LogP contribution < -0.4 is 4.74 Å². The third-order valence-corrected chi connectivity index (χ3v) is 6.39. The summed E-state index contributed by atoms with van der Waals surface area (Å²) < 4.78 is 8.13. The molecule has 5 rings (SSSR count). The number of rotatable bonds is 5. The van der Waals surface area contributed by atoms with Crippen LogP contribution in [0, 0.1) is 18.8 Å². The van der Waals surface area contributed by atoms with Crippen molar-refractivity contribution in [1.82, 2.24) is 24.9 Å². The van der Waals surface area contributed by atoms with E-state index in [-0.39, 0.29) is 6.10 Å². The van der Waals surface area contributed by atoms with Gasteiger partial charge in [-0.15, -0.1) is 10.2 Å². The van der Waals surface area contributed by atoms with Crippen molar-refractivity contribution in [2.45, 2.75) is 32.4 Å². The molecule has 3 heterocycles. The number of aromatic nitrogens is 4. The summed E-state index contributed by atoms with van der Waals surface area (Å²) in [5.74, 6) is 1.94. The van der Waals surface area contributed by atoms with Crippen LogP contribution in [0.3, 0.4) is 0 Å². The molecule has 29 heavy (non-hydrogen) atoms. The molecular formula is C23H27N5O. The molecule has 0 radical (unpaired) electrons. The third-order valence-electron chi connectivity index (χ3n) is 6.39. The van der Waals surface area contributed by atoms with Crippen molar-refractivity contribution in [1.29, 1.82) is 0 Å². The zero-order chi connectivity index (χ0) is 19.8. The Hall–Kier alpha value is -2.73. The molecule has 2 aliphatic rings. The van der Waals surface area contributed by atoms with Crippen molar-refractivity contribution in [3.8, 4) is 17.3 Å². The summed E-state index contributed by atoms with van der Waals surface area (Å²) >= 11 is 0. The Morgan fingerprint density at radius 3 is 2.62 bits per heavy atom. The summed E-state index contributed by atoms with van der Waals surface area (Å²) in [6, 6.07) is 14.7. The van der Waals surface area contributed by atoms with Crippen LogP contribution in [0.5, 0.6) is 5.88 Å². The lowest BCUT2D eigenvalue weighted by molar-refractivity contribution is 0.140. The molecule has 1 saturated heterocycles. The number of aryl methyl sites for hydroxylation is 2. The van der Waals surface area contributed by atoms with Gasteiger partial charge in [-0.2, -0.15) is 5.10 Å². The van der Waals surface area contributed by atoms with Crippen LogP contribution in [-0.2, 0) is 13.6 Å². The minimum absolute atomic E-state index is 0.236. The van der Waals surface area contributed by atoms with Crippen LogP contribution in [0.4, 0.5) is 0 Å². The smallest absolute Gasteiger partial charge is 0.233 e. The van der Waals surface area contributed by atoms with Crippen LogP contribution in [0.25, 0.3) is 11.4 Å². The number of ether oxygens (including phenoxy) is 1. The molecule has 0 spiro atoms. The Balaban J connectivity index is 1.23. The fourth-order valence-corrected chi connectivity index (χ4v) is 5.00. The van der Waals surface area contributed by atoms with Gasteiger partial charge in [-0.25, -0.2) is 0 Å². The second-order valence-corrected chi connectivity index (χ2v) is 8.39. The highest BCUT2D eigenvalue weighted by atomic mass is 16.5. The van der Waals surface area contributed by atoms with Crippen LogP contribution in [-0.4, -0.2) is 44.1 Å². The molecule has 0 N–H and O–H groups in total. The highest BCUT2D eigenvalue weighted by Gasteiger charge is 2.43. The molecule has 1 aliphatic carbocycles.